The molecule has 1 aliphatic heterocycles. The predicted molar refractivity (Wildman–Crippen MR) is 108 cm³/mol. The van der Waals surface area contributed by atoms with Gasteiger partial charge in [0.1, 0.15) is 18.3 Å². The highest BCUT2D eigenvalue weighted by molar-refractivity contribution is 6.30. The largest absolute Gasteiger partial charge is 0.386 e. The first kappa shape index (κ1) is 20.3. The van der Waals surface area contributed by atoms with Crippen LogP contribution in [0, 0.1) is 5.41 Å². The van der Waals surface area contributed by atoms with E-state index in [1.807, 2.05) is 18.2 Å². The van der Waals surface area contributed by atoms with E-state index in [0.717, 1.165) is 37.7 Å². The average molecular weight is 392 g/mol. The van der Waals surface area contributed by atoms with Gasteiger partial charge in [0.2, 0.25) is 0 Å². The summed E-state index contributed by atoms with van der Waals surface area (Å²) in [7, 11) is 0. The van der Waals surface area contributed by atoms with E-state index in [9.17, 15) is 5.11 Å². The third-order valence-electron chi connectivity index (χ3n) is 5.53. The van der Waals surface area contributed by atoms with Crippen molar-refractivity contribution in [3.8, 4) is 0 Å². The van der Waals surface area contributed by atoms with Crippen molar-refractivity contribution in [2.45, 2.75) is 39.5 Å². The monoisotopic (exact) mass is 391 g/mol. The van der Waals surface area contributed by atoms with Gasteiger partial charge >= 0.3 is 0 Å². The number of aliphatic hydroxyl groups is 1. The maximum atomic E-state index is 11.4. The van der Waals surface area contributed by atoms with Crippen molar-refractivity contribution in [1.29, 1.82) is 0 Å². The molecular formula is C20H30ClN5O. The Hall–Kier alpha value is -1.47. The van der Waals surface area contributed by atoms with E-state index in [2.05, 4.69) is 46.7 Å². The van der Waals surface area contributed by atoms with Crippen LogP contribution in [0.2, 0.25) is 5.02 Å². The Balaban J connectivity index is 1.57. The van der Waals surface area contributed by atoms with E-state index in [1.54, 1.807) is 11.0 Å². The van der Waals surface area contributed by atoms with Crippen molar-refractivity contribution < 1.29 is 5.11 Å². The fraction of sp³-hybridized carbons (Fsp3) is 0.600. The smallest absolute Gasteiger partial charge is 0.137 e. The molecule has 3 rings (SSSR count). The molecule has 1 unspecified atom stereocenters. The van der Waals surface area contributed by atoms with Gasteiger partial charge in [-0.05, 0) is 23.1 Å². The molecule has 1 fully saturated rings. The zero-order chi connectivity index (χ0) is 19.5. The Kier molecular flexibility index (Phi) is 6.21. The molecule has 0 aliphatic carbocycles. The van der Waals surface area contributed by atoms with Gasteiger partial charge < -0.3 is 5.11 Å². The molecule has 2 heterocycles. The lowest BCUT2D eigenvalue weighted by Crippen LogP contribution is -2.58. The summed E-state index contributed by atoms with van der Waals surface area (Å²) in [4.78, 5) is 8.80. The maximum absolute atomic E-state index is 11.4. The Morgan fingerprint density at radius 3 is 2.37 bits per heavy atom. The van der Waals surface area contributed by atoms with Crippen LogP contribution in [-0.2, 0) is 13.1 Å². The van der Waals surface area contributed by atoms with Crippen molar-refractivity contribution in [2.75, 3.05) is 32.7 Å². The molecule has 0 amide bonds. The summed E-state index contributed by atoms with van der Waals surface area (Å²) in [6.45, 7) is 12.1. The van der Waals surface area contributed by atoms with Gasteiger partial charge in [-0.2, -0.15) is 5.10 Å². The molecule has 1 aromatic carbocycles. The minimum Gasteiger partial charge on any atom is -0.386 e. The second-order valence-corrected chi connectivity index (χ2v) is 8.99. The molecule has 1 N–H and O–H groups in total. The Labute approximate surface area is 166 Å². The molecule has 6 nitrogen and oxygen atoms in total. The topological polar surface area (TPSA) is 57.4 Å². The van der Waals surface area contributed by atoms with Crippen LogP contribution in [0.1, 0.15) is 26.3 Å². The zero-order valence-electron chi connectivity index (χ0n) is 16.5. The van der Waals surface area contributed by atoms with E-state index in [4.69, 9.17) is 11.6 Å². The van der Waals surface area contributed by atoms with E-state index in [1.165, 1.54) is 11.9 Å². The minimum atomic E-state index is -0.879. The molecule has 148 valence electrons. The number of aromatic nitrogens is 3. The summed E-state index contributed by atoms with van der Waals surface area (Å²) in [6, 6.07) is 8.06. The van der Waals surface area contributed by atoms with Gasteiger partial charge in [0.15, 0.2) is 0 Å². The van der Waals surface area contributed by atoms with E-state index in [0.29, 0.717) is 13.1 Å². The van der Waals surface area contributed by atoms with Crippen molar-refractivity contribution >= 4 is 11.6 Å². The van der Waals surface area contributed by atoms with E-state index >= 15 is 0 Å². The Morgan fingerprint density at radius 2 is 1.78 bits per heavy atom. The van der Waals surface area contributed by atoms with Gasteiger partial charge in [-0.1, -0.05) is 44.5 Å². The summed E-state index contributed by atoms with van der Waals surface area (Å²) < 4.78 is 1.72. The third-order valence-corrected chi connectivity index (χ3v) is 5.77. The van der Waals surface area contributed by atoms with Gasteiger partial charge in [-0.15, -0.1) is 0 Å². The van der Waals surface area contributed by atoms with Crippen LogP contribution in [0.15, 0.2) is 36.9 Å². The number of nitrogens with zero attached hydrogens (tertiary/aromatic N) is 5. The van der Waals surface area contributed by atoms with Crippen LogP contribution < -0.4 is 0 Å². The highest BCUT2D eigenvalue weighted by atomic mass is 35.5. The molecule has 1 aliphatic rings. The average Bonchev–Trinajstić information content (AvgIpc) is 3.08. The number of halogens is 1. The molecule has 0 saturated carbocycles. The van der Waals surface area contributed by atoms with Gasteiger partial charge in [0, 0.05) is 44.3 Å². The standard InChI is InChI=1S/C20H30ClN5O/c1-19(2,3)20(27,14-26-16-22-15-23-26)13-25-9-7-24(8-10-25)12-17-5-4-6-18(21)11-17/h4-6,11,15-16,27H,7-10,12-14H2,1-3H3. The van der Waals surface area contributed by atoms with Gasteiger partial charge in [-0.3, -0.25) is 14.5 Å². The minimum absolute atomic E-state index is 0.267. The van der Waals surface area contributed by atoms with Crippen LogP contribution in [0.3, 0.4) is 0 Å². The first-order valence-corrected chi connectivity index (χ1v) is 9.87. The number of hydrogen-bond donors (Lipinski definition) is 1. The van der Waals surface area contributed by atoms with Crippen LogP contribution >= 0.6 is 11.6 Å². The number of hydrogen-bond acceptors (Lipinski definition) is 5. The third kappa shape index (κ3) is 5.29. The summed E-state index contributed by atoms with van der Waals surface area (Å²) in [5.74, 6) is 0. The number of piperazine rings is 1. The van der Waals surface area contributed by atoms with Crippen LogP contribution in [0.4, 0.5) is 0 Å². The lowest BCUT2D eigenvalue weighted by atomic mass is 9.76. The highest BCUT2D eigenvalue weighted by Gasteiger charge is 2.42. The Bertz CT molecular complexity index is 722. The molecule has 2 aromatic rings. The summed E-state index contributed by atoms with van der Waals surface area (Å²) in [6.07, 6.45) is 3.18. The van der Waals surface area contributed by atoms with Gasteiger partial charge in [0.05, 0.1) is 6.54 Å². The zero-order valence-corrected chi connectivity index (χ0v) is 17.2. The molecule has 0 radical (unpaired) electrons. The van der Waals surface area contributed by atoms with Gasteiger partial charge in [0.25, 0.3) is 0 Å². The first-order valence-electron chi connectivity index (χ1n) is 9.49. The molecule has 0 spiro atoms. The number of rotatable bonds is 6. The lowest BCUT2D eigenvalue weighted by Gasteiger charge is -2.45. The predicted octanol–water partition coefficient (Wildman–Crippen LogP) is 2.53. The van der Waals surface area contributed by atoms with Crippen molar-refractivity contribution in [3.05, 3.63) is 47.5 Å². The summed E-state index contributed by atoms with van der Waals surface area (Å²) in [5, 5.41) is 16.4. The molecule has 1 saturated heterocycles. The van der Waals surface area contributed by atoms with E-state index < -0.39 is 5.60 Å². The second-order valence-electron chi connectivity index (χ2n) is 8.56. The van der Waals surface area contributed by atoms with Crippen molar-refractivity contribution in [3.63, 3.8) is 0 Å². The second kappa shape index (κ2) is 8.27. The first-order chi connectivity index (χ1) is 12.7. The number of benzene rings is 1. The summed E-state index contributed by atoms with van der Waals surface area (Å²) in [5.41, 5.74) is 0.0977. The molecule has 27 heavy (non-hydrogen) atoms. The fourth-order valence-electron chi connectivity index (χ4n) is 3.48. The number of β-amino-alcohol motifs (C(OH)–C–C–N with tert-alkyl or cyclic N) is 1. The SMILES string of the molecule is CC(C)(C)C(O)(CN1CCN(Cc2cccc(Cl)c2)CC1)Cn1cncn1. The highest BCUT2D eigenvalue weighted by Crippen LogP contribution is 2.33. The molecule has 1 aromatic heterocycles. The van der Waals surface area contributed by atoms with Crippen LogP contribution in [0.25, 0.3) is 0 Å². The quantitative estimate of drug-likeness (QED) is 0.820. The van der Waals surface area contributed by atoms with E-state index in [-0.39, 0.29) is 5.41 Å². The van der Waals surface area contributed by atoms with Crippen molar-refractivity contribution in [1.82, 2.24) is 24.6 Å². The molecule has 0 bridgehead atoms. The fourth-order valence-corrected chi connectivity index (χ4v) is 3.69. The Morgan fingerprint density at radius 1 is 1.07 bits per heavy atom. The summed E-state index contributed by atoms with van der Waals surface area (Å²) >= 11 is 6.09. The van der Waals surface area contributed by atoms with Crippen LogP contribution in [-0.4, -0.2) is 68.0 Å². The van der Waals surface area contributed by atoms with Crippen molar-refractivity contribution in [2.24, 2.45) is 5.41 Å². The normalized spacial score (nSPS) is 19.1. The molecular weight excluding hydrogens is 362 g/mol. The maximum Gasteiger partial charge on any atom is 0.137 e. The molecule has 7 heteroatoms. The van der Waals surface area contributed by atoms with Crippen LogP contribution in [0.5, 0.6) is 0 Å². The molecule has 1 atom stereocenters. The van der Waals surface area contributed by atoms with Gasteiger partial charge in [-0.25, -0.2) is 4.98 Å². The lowest BCUT2D eigenvalue weighted by molar-refractivity contribution is -0.0990.